The summed E-state index contributed by atoms with van der Waals surface area (Å²) in [6.07, 6.45) is 10.1. The zero-order valence-corrected chi connectivity index (χ0v) is 11.4. The van der Waals surface area contributed by atoms with E-state index in [1.165, 1.54) is 51.4 Å². The first-order valence-electron chi connectivity index (χ1n) is 6.25. The second kappa shape index (κ2) is 14.4. The molecular formula is C12H26BrNO. The van der Waals surface area contributed by atoms with E-state index in [9.17, 15) is 0 Å². The summed E-state index contributed by atoms with van der Waals surface area (Å²) in [7, 11) is 0. The summed E-state index contributed by atoms with van der Waals surface area (Å²) in [5.41, 5.74) is 5.43. The number of hydrogen-bond donors (Lipinski definition) is 1. The molecule has 3 heteroatoms. The maximum atomic E-state index is 5.52. The van der Waals surface area contributed by atoms with Crippen LogP contribution < -0.4 is 5.73 Å². The minimum Gasteiger partial charge on any atom is -0.381 e. The second-order valence-electron chi connectivity index (χ2n) is 3.92. The van der Waals surface area contributed by atoms with Crippen molar-refractivity contribution in [1.29, 1.82) is 0 Å². The van der Waals surface area contributed by atoms with Gasteiger partial charge >= 0.3 is 0 Å². The highest BCUT2D eigenvalue weighted by molar-refractivity contribution is 9.09. The molecular weight excluding hydrogens is 254 g/mol. The lowest BCUT2D eigenvalue weighted by molar-refractivity contribution is 0.127. The lowest BCUT2D eigenvalue weighted by atomic mass is 10.1. The monoisotopic (exact) mass is 279 g/mol. The van der Waals surface area contributed by atoms with E-state index in [-0.39, 0.29) is 0 Å². The first-order chi connectivity index (χ1) is 7.41. The molecule has 0 saturated carbocycles. The van der Waals surface area contributed by atoms with Crippen LogP contribution in [0.1, 0.15) is 51.4 Å². The average molecular weight is 280 g/mol. The van der Waals surface area contributed by atoms with Gasteiger partial charge in [0.1, 0.15) is 0 Å². The van der Waals surface area contributed by atoms with Gasteiger partial charge in [-0.25, -0.2) is 0 Å². The van der Waals surface area contributed by atoms with Gasteiger partial charge in [0, 0.05) is 18.5 Å². The molecule has 0 bridgehead atoms. The molecule has 0 aliphatic heterocycles. The summed E-state index contributed by atoms with van der Waals surface area (Å²) >= 11 is 3.41. The van der Waals surface area contributed by atoms with Crippen molar-refractivity contribution in [2.45, 2.75) is 51.4 Å². The van der Waals surface area contributed by atoms with Crippen LogP contribution in [-0.4, -0.2) is 25.1 Å². The van der Waals surface area contributed by atoms with E-state index in [4.69, 9.17) is 10.5 Å². The van der Waals surface area contributed by atoms with E-state index in [0.717, 1.165) is 25.1 Å². The van der Waals surface area contributed by atoms with Crippen molar-refractivity contribution in [1.82, 2.24) is 0 Å². The fraction of sp³-hybridized carbons (Fsp3) is 1.00. The molecule has 0 heterocycles. The number of hydrogen-bond acceptors (Lipinski definition) is 2. The van der Waals surface area contributed by atoms with Crippen LogP contribution in [0, 0.1) is 0 Å². The fourth-order valence-electron chi connectivity index (χ4n) is 1.46. The number of alkyl halides is 1. The number of nitrogens with two attached hydrogens (primary N) is 1. The van der Waals surface area contributed by atoms with Crippen LogP contribution in [0.2, 0.25) is 0 Å². The predicted molar refractivity (Wildman–Crippen MR) is 70.6 cm³/mol. The van der Waals surface area contributed by atoms with Crippen molar-refractivity contribution >= 4 is 15.9 Å². The molecule has 2 N–H and O–H groups in total. The number of unbranched alkanes of at least 4 members (excludes halogenated alkanes) is 6. The van der Waals surface area contributed by atoms with Crippen molar-refractivity contribution in [3.05, 3.63) is 0 Å². The summed E-state index contributed by atoms with van der Waals surface area (Å²) < 4.78 is 5.52. The van der Waals surface area contributed by atoms with Gasteiger partial charge in [-0.3, -0.25) is 0 Å². The third-order valence-corrected chi connectivity index (χ3v) is 2.98. The Kier molecular flexibility index (Phi) is 14.8. The molecule has 0 fully saturated rings. The largest absolute Gasteiger partial charge is 0.381 e. The summed E-state index contributed by atoms with van der Waals surface area (Å²) in [6, 6.07) is 0. The van der Waals surface area contributed by atoms with E-state index in [2.05, 4.69) is 15.9 Å². The van der Waals surface area contributed by atoms with Gasteiger partial charge in [0.15, 0.2) is 0 Å². The van der Waals surface area contributed by atoms with Gasteiger partial charge in [0.25, 0.3) is 0 Å². The SMILES string of the molecule is NCCCCCCCCOCCCCBr. The minimum atomic E-state index is 0.844. The molecule has 0 spiro atoms. The van der Waals surface area contributed by atoms with Crippen LogP contribution in [0.15, 0.2) is 0 Å². The Morgan fingerprint density at radius 3 is 1.87 bits per heavy atom. The van der Waals surface area contributed by atoms with Crippen molar-refractivity contribution in [3.8, 4) is 0 Å². The van der Waals surface area contributed by atoms with Crippen LogP contribution in [0.3, 0.4) is 0 Å². The average Bonchev–Trinajstić information content (AvgIpc) is 2.26. The summed E-state index contributed by atoms with van der Waals surface area (Å²) in [4.78, 5) is 0. The first kappa shape index (κ1) is 15.4. The maximum Gasteiger partial charge on any atom is 0.0466 e. The van der Waals surface area contributed by atoms with Gasteiger partial charge in [-0.05, 0) is 32.2 Å². The Balaban J connectivity index is 2.81. The molecule has 0 aliphatic rings. The van der Waals surface area contributed by atoms with Gasteiger partial charge in [-0.1, -0.05) is 41.6 Å². The Bertz CT molecular complexity index is 99.8. The van der Waals surface area contributed by atoms with E-state index >= 15 is 0 Å². The maximum absolute atomic E-state index is 5.52. The Morgan fingerprint density at radius 1 is 0.733 bits per heavy atom. The highest BCUT2D eigenvalue weighted by atomic mass is 79.9. The van der Waals surface area contributed by atoms with Crippen LogP contribution in [0.5, 0.6) is 0 Å². The van der Waals surface area contributed by atoms with Crippen molar-refractivity contribution in [3.63, 3.8) is 0 Å². The summed E-state index contributed by atoms with van der Waals surface area (Å²) in [5, 5.41) is 1.09. The zero-order chi connectivity index (χ0) is 11.2. The summed E-state index contributed by atoms with van der Waals surface area (Å²) in [5.74, 6) is 0. The van der Waals surface area contributed by atoms with E-state index in [1.54, 1.807) is 0 Å². The summed E-state index contributed by atoms with van der Waals surface area (Å²) in [6.45, 7) is 2.72. The van der Waals surface area contributed by atoms with Crippen LogP contribution in [0.4, 0.5) is 0 Å². The standard InChI is InChI=1S/C12H26BrNO/c13-9-5-8-12-15-11-7-4-2-1-3-6-10-14/h1-12,14H2. The van der Waals surface area contributed by atoms with Crippen LogP contribution in [-0.2, 0) is 4.74 Å². The van der Waals surface area contributed by atoms with Gasteiger partial charge in [0.05, 0.1) is 0 Å². The van der Waals surface area contributed by atoms with E-state index in [0.29, 0.717) is 0 Å². The zero-order valence-electron chi connectivity index (χ0n) is 9.85. The van der Waals surface area contributed by atoms with Crippen LogP contribution >= 0.6 is 15.9 Å². The Hall–Kier alpha value is 0.400. The van der Waals surface area contributed by atoms with Crippen molar-refractivity contribution < 1.29 is 4.74 Å². The minimum absolute atomic E-state index is 0.844. The molecule has 0 atom stereocenters. The van der Waals surface area contributed by atoms with Crippen LogP contribution in [0.25, 0.3) is 0 Å². The Morgan fingerprint density at radius 2 is 1.27 bits per heavy atom. The van der Waals surface area contributed by atoms with Gasteiger partial charge < -0.3 is 10.5 Å². The third-order valence-electron chi connectivity index (χ3n) is 2.42. The molecule has 0 saturated heterocycles. The molecule has 0 rings (SSSR count). The molecule has 0 aromatic heterocycles. The topological polar surface area (TPSA) is 35.2 Å². The third kappa shape index (κ3) is 14.4. The van der Waals surface area contributed by atoms with Gasteiger partial charge in [-0.2, -0.15) is 0 Å². The first-order valence-corrected chi connectivity index (χ1v) is 7.37. The lowest BCUT2D eigenvalue weighted by Crippen LogP contribution is -1.98. The number of ether oxygens (including phenoxy) is 1. The fourth-order valence-corrected chi connectivity index (χ4v) is 1.85. The van der Waals surface area contributed by atoms with Gasteiger partial charge in [-0.15, -0.1) is 0 Å². The van der Waals surface area contributed by atoms with Crippen molar-refractivity contribution in [2.24, 2.45) is 5.73 Å². The van der Waals surface area contributed by atoms with Gasteiger partial charge in [0.2, 0.25) is 0 Å². The number of rotatable bonds is 12. The Labute approximate surface area is 103 Å². The molecule has 0 unspecified atom stereocenters. The predicted octanol–water partition coefficient (Wildman–Crippen LogP) is 3.48. The molecule has 92 valence electrons. The van der Waals surface area contributed by atoms with Crippen molar-refractivity contribution in [2.75, 3.05) is 25.1 Å². The number of halogens is 1. The molecule has 0 amide bonds. The highest BCUT2D eigenvalue weighted by Gasteiger charge is 1.92. The van der Waals surface area contributed by atoms with E-state index < -0.39 is 0 Å². The molecule has 0 aromatic carbocycles. The molecule has 15 heavy (non-hydrogen) atoms. The highest BCUT2D eigenvalue weighted by Crippen LogP contribution is 2.05. The lowest BCUT2D eigenvalue weighted by Gasteiger charge is -2.03. The quantitative estimate of drug-likeness (QED) is 0.439. The molecule has 0 aromatic rings. The molecule has 0 radical (unpaired) electrons. The van der Waals surface area contributed by atoms with E-state index in [1.807, 2.05) is 0 Å². The second-order valence-corrected chi connectivity index (χ2v) is 4.71. The molecule has 2 nitrogen and oxygen atoms in total. The smallest absolute Gasteiger partial charge is 0.0466 e. The molecule has 0 aliphatic carbocycles. The normalized spacial score (nSPS) is 10.8.